The summed E-state index contributed by atoms with van der Waals surface area (Å²) in [6.45, 7) is 6.22. The first-order valence-corrected chi connectivity index (χ1v) is 9.44. The molecular formula is C19H27N5O2. The van der Waals surface area contributed by atoms with Crippen molar-refractivity contribution in [2.75, 3.05) is 46.1 Å². The van der Waals surface area contributed by atoms with Gasteiger partial charge in [0.1, 0.15) is 5.82 Å². The molecule has 7 heteroatoms. The van der Waals surface area contributed by atoms with Crippen molar-refractivity contribution >= 4 is 0 Å². The summed E-state index contributed by atoms with van der Waals surface area (Å²) in [5.74, 6) is 1.50. The van der Waals surface area contributed by atoms with Crippen molar-refractivity contribution in [3.05, 3.63) is 48.3 Å². The largest absolute Gasteiger partial charge is 0.381 e. The van der Waals surface area contributed by atoms with Gasteiger partial charge in [-0.15, -0.1) is 0 Å². The first-order chi connectivity index (χ1) is 12.9. The maximum absolute atomic E-state index is 5.68. The molecule has 2 N–H and O–H groups in total. The van der Waals surface area contributed by atoms with Crippen LogP contribution in [0.1, 0.15) is 23.9 Å². The number of hydrogen-bond acceptors (Lipinski definition) is 6. The first-order valence-electron chi connectivity index (χ1n) is 9.44. The quantitative estimate of drug-likeness (QED) is 0.776. The van der Waals surface area contributed by atoms with Gasteiger partial charge < -0.3 is 19.8 Å². The summed E-state index contributed by atoms with van der Waals surface area (Å²) < 4.78 is 11.2. The molecule has 26 heavy (non-hydrogen) atoms. The summed E-state index contributed by atoms with van der Waals surface area (Å²) in [5, 5.41) is 3.75. The fourth-order valence-electron chi connectivity index (χ4n) is 3.96. The number of morpholine rings is 1. The molecule has 0 amide bonds. The Morgan fingerprint density at radius 1 is 1.15 bits per heavy atom. The van der Waals surface area contributed by atoms with Gasteiger partial charge in [0.2, 0.25) is 0 Å². The minimum Gasteiger partial charge on any atom is -0.381 e. The Hall–Kier alpha value is -1.80. The molecule has 2 aliphatic heterocycles. The SMILES string of the molecule is c1cc([C@H](NC[C@H]([C@H]2CCOC2)N2CCOCC2)c2ncc[nH]2)ccn1. The minimum absolute atomic E-state index is 0.0267. The Balaban J connectivity index is 1.50. The fraction of sp³-hybridized carbons (Fsp3) is 0.579. The molecule has 140 valence electrons. The van der Waals surface area contributed by atoms with E-state index in [2.05, 4.69) is 25.2 Å². The van der Waals surface area contributed by atoms with Crippen molar-refractivity contribution in [1.82, 2.24) is 25.2 Å². The molecule has 0 spiro atoms. The normalized spacial score (nSPS) is 23.8. The fourth-order valence-corrected chi connectivity index (χ4v) is 3.96. The minimum atomic E-state index is 0.0267. The highest BCUT2D eigenvalue weighted by molar-refractivity contribution is 5.22. The summed E-state index contributed by atoms with van der Waals surface area (Å²) in [7, 11) is 0. The molecule has 7 nitrogen and oxygen atoms in total. The number of H-pyrrole nitrogens is 1. The van der Waals surface area contributed by atoms with E-state index >= 15 is 0 Å². The molecule has 0 aromatic carbocycles. The van der Waals surface area contributed by atoms with E-state index in [1.54, 1.807) is 6.20 Å². The molecule has 0 saturated carbocycles. The van der Waals surface area contributed by atoms with Crippen molar-refractivity contribution in [1.29, 1.82) is 0 Å². The predicted octanol–water partition coefficient (Wildman–Crippen LogP) is 1.22. The van der Waals surface area contributed by atoms with Crippen LogP contribution >= 0.6 is 0 Å². The molecule has 0 bridgehead atoms. The van der Waals surface area contributed by atoms with Crippen LogP contribution in [0.15, 0.2) is 36.9 Å². The molecule has 0 unspecified atom stereocenters. The standard InChI is InChI=1S/C19H27N5O2/c1-4-20-5-2-15(1)18(19-21-6-7-22-19)23-13-17(16-3-10-26-14-16)24-8-11-25-12-9-24/h1-2,4-7,16-18,23H,3,8-14H2,(H,21,22)/t16-,17+,18-/m0/s1. The smallest absolute Gasteiger partial charge is 0.127 e. The van der Waals surface area contributed by atoms with E-state index in [-0.39, 0.29) is 6.04 Å². The molecule has 2 saturated heterocycles. The third kappa shape index (κ3) is 4.12. The van der Waals surface area contributed by atoms with E-state index in [1.165, 1.54) is 5.56 Å². The van der Waals surface area contributed by atoms with Gasteiger partial charge in [-0.3, -0.25) is 9.88 Å². The van der Waals surface area contributed by atoms with Gasteiger partial charge in [-0.05, 0) is 24.1 Å². The van der Waals surface area contributed by atoms with Gasteiger partial charge in [0.25, 0.3) is 0 Å². The Labute approximate surface area is 154 Å². The molecule has 3 atom stereocenters. The number of hydrogen-bond donors (Lipinski definition) is 2. The van der Waals surface area contributed by atoms with E-state index < -0.39 is 0 Å². The van der Waals surface area contributed by atoms with Crippen molar-refractivity contribution in [2.45, 2.75) is 18.5 Å². The molecule has 2 fully saturated rings. The molecule has 2 aromatic heterocycles. The average Bonchev–Trinajstić information content (AvgIpc) is 3.41. The monoisotopic (exact) mass is 357 g/mol. The summed E-state index contributed by atoms with van der Waals surface area (Å²) in [6, 6.07) is 4.56. The highest BCUT2D eigenvalue weighted by Crippen LogP contribution is 2.24. The van der Waals surface area contributed by atoms with Crippen LogP contribution in [0.4, 0.5) is 0 Å². The number of imidazole rings is 1. The van der Waals surface area contributed by atoms with E-state index in [4.69, 9.17) is 9.47 Å². The van der Waals surface area contributed by atoms with Crippen LogP contribution in [0.25, 0.3) is 0 Å². The van der Waals surface area contributed by atoms with Gasteiger partial charge in [0, 0.05) is 63.0 Å². The molecule has 2 aliphatic rings. The molecule has 4 rings (SSSR count). The van der Waals surface area contributed by atoms with Crippen LogP contribution in [0.5, 0.6) is 0 Å². The van der Waals surface area contributed by atoms with Crippen LogP contribution in [0.2, 0.25) is 0 Å². The van der Waals surface area contributed by atoms with Gasteiger partial charge in [-0.25, -0.2) is 4.98 Å². The summed E-state index contributed by atoms with van der Waals surface area (Å²) >= 11 is 0. The highest BCUT2D eigenvalue weighted by atomic mass is 16.5. The topological polar surface area (TPSA) is 75.3 Å². The van der Waals surface area contributed by atoms with Crippen LogP contribution < -0.4 is 5.32 Å². The van der Waals surface area contributed by atoms with Gasteiger partial charge in [0.15, 0.2) is 0 Å². The van der Waals surface area contributed by atoms with E-state index in [0.29, 0.717) is 12.0 Å². The molecule has 2 aromatic rings. The lowest BCUT2D eigenvalue weighted by Gasteiger charge is -2.38. The van der Waals surface area contributed by atoms with Gasteiger partial charge >= 0.3 is 0 Å². The van der Waals surface area contributed by atoms with Crippen molar-refractivity contribution in [3.63, 3.8) is 0 Å². The van der Waals surface area contributed by atoms with Crippen LogP contribution in [0, 0.1) is 5.92 Å². The number of pyridine rings is 1. The second kappa shape index (κ2) is 8.73. The zero-order valence-corrected chi connectivity index (χ0v) is 15.0. The number of nitrogens with one attached hydrogen (secondary N) is 2. The lowest BCUT2D eigenvalue weighted by molar-refractivity contribution is 0.000998. The Kier molecular flexibility index (Phi) is 5.91. The third-order valence-electron chi connectivity index (χ3n) is 5.39. The number of aromatic nitrogens is 3. The second-order valence-electron chi connectivity index (χ2n) is 6.94. The van der Waals surface area contributed by atoms with E-state index in [0.717, 1.165) is 58.3 Å². The summed E-state index contributed by atoms with van der Waals surface area (Å²) in [5.41, 5.74) is 1.17. The van der Waals surface area contributed by atoms with Crippen molar-refractivity contribution in [2.24, 2.45) is 5.92 Å². The highest BCUT2D eigenvalue weighted by Gasteiger charge is 2.32. The first kappa shape index (κ1) is 17.6. The Bertz CT molecular complexity index is 639. The Morgan fingerprint density at radius 2 is 2.00 bits per heavy atom. The van der Waals surface area contributed by atoms with Gasteiger partial charge in [-0.1, -0.05) is 0 Å². The van der Waals surface area contributed by atoms with Gasteiger partial charge in [0.05, 0.1) is 25.9 Å². The summed E-state index contributed by atoms with van der Waals surface area (Å²) in [4.78, 5) is 14.4. The van der Waals surface area contributed by atoms with Crippen LogP contribution in [-0.2, 0) is 9.47 Å². The Morgan fingerprint density at radius 3 is 2.69 bits per heavy atom. The number of nitrogens with zero attached hydrogens (tertiary/aromatic N) is 3. The lowest BCUT2D eigenvalue weighted by atomic mass is 9.96. The zero-order chi connectivity index (χ0) is 17.6. The maximum Gasteiger partial charge on any atom is 0.127 e. The number of rotatable bonds is 7. The zero-order valence-electron chi connectivity index (χ0n) is 15.0. The number of aromatic amines is 1. The van der Waals surface area contributed by atoms with E-state index in [1.807, 2.05) is 30.7 Å². The van der Waals surface area contributed by atoms with Gasteiger partial charge in [-0.2, -0.15) is 0 Å². The van der Waals surface area contributed by atoms with Crippen molar-refractivity contribution < 1.29 is 9.47 Å². The average molecular weight is 357 g/mol. The predicted molar refractivity (Wildman–Crippen MR) is 97.8 cm³/mol. The molecular weight excluding hydrogens is 330 g/mol. The maximum atomic E-state index is 5.68. The molecule has 0 radical (unpaired) electrons. The summed E-state index contributed by atoms with van der Waals surface area (Å²) in [6.07, 6.45) is 8.46. The van der Waals surface area contributed by atoms with E-state index in [9.17, 15) is 0 Å². The molecule has 4 heterocycles. The van der Waals surface area contributed by atoms with Crippen LogP contribution in [0.3, 0.4) is 0 Å². The van der Waals surface area contributed by atoms with Crippen LogP contribution in [-0.4, -0.2) is 72.0 Å². The third-order valence-corrected chi connectivity index (χ3v) is 5.39. The second-order valence-corrected chi connectivity index (χ2v) is 6.94. The molecule has 0 aliphatic carbocycles. The van der Waals surface area contributed by atoms with Crippen molar-refractivity contribution in [3.8, 4) is 0 Å². The number of ether oxygens (including phenoxy) is 2. The lowest BCUT2D eigenvalue weighted by Crippen LogP contribution is -2.52.